The van der Waals surface area contributed by atoms with Crippen LogP contribution < -0.4 is 5.73 Å². The number of aliphatic imine (C=N–C) groups is 1. The fourth-order valence-electron chi connectivity index (χ4n) is 2.42. The average molecular weight is 399 g/mol. The summed E-state index contributed by atoms with van der Waals surface area (Å²) in [6.07, 6.45) is 2.54. The fraction of sp³-hybridized carbons (Fsp3) is 0.412. The van der Waals surface area contributed by atoms with Crippen molar-refractivity contribution in [3.05, 3.63) is 45.8 Å². The maximum absolute atomic E-state index is 14.4. The minimum Gasteiger partial charge on any atom is -0.462 e. The smallest absolute Gasteiger partial charge is 0.341 e. The first-order chi connectivity index (χ1) is 11.6. The topological polar surface area (TPSA) is 73.9 Å². The molecule has 0 spiro atoms. The lowest BCUT2D eigenvalue weighted by atomic mass is 10.0. The first-order valence-electron chi connectivity index (χ1n) is 7.77. The number of ether oxygens (including phenoxy) is 2. The summed E-state index contributed by atoms with van der Waals surface area (Å²) in [4.78, 5) is 16.8. The Hall–Kier alpha value is -1.73. The van der Waals surface area contributed by atoms with Crippen molar-refractivity contribution in [2.75, 3.05) is 19.8 Å². The molecule has 0 radical (unpaired) electrons. The number of nitrogens with zero attached hydrogens (tertiary/aromatic N) is 1. The van der Waals surface area contributed by atoms with Crippen molar-refractivity contribution in [2.45, 2.75) is 25.8 Å². The standard InChI is InChI=1S/C17H20BrFN2O3/c1-2-24-17(22)14(10-20)16(21-12-5-7-23-8-6-12)13-4-3-11(18)9-15(13)19/h3-4,9-10,12H,2,5-8,20H2,1H3. The monoisotopic (exact) mass is 398 g/mol. The molecule has 0 aliphatic carbocycles. The number of hydrogen-bond donors (Lipinski definition) is 1. The predicted octanol–water partition coefficient (Wildman–Crippen LogP) is 2.96. The summed E-state index contributed by atoms with van der Waals surface area (Å²) in [6, 6.07) is 4.53. The number of carbonyl (C=O) groups is 1. The minimum absolute atomic E-state index is 0.0545. The van der Waals surface area contributed by atoms with Crippen LogP contribution in [0.4, 0.5) is 4.39 Å². The van der Waals surface area contributed by atoms with Gasteiger partial charge in [-0.25, -0.2) is 9.18 Å². The van der Waals surface area contributed by atoms with Crippen molar-refractivity contribution in [2.24, 2.45) is 10.7 Å². The molecule has 0 atom stereocenters. The van der Waals surface area contributed by atoms with Gasteiger partial charge in [-0.1, -0.05) is 15.9 Å². The zero-order valence-electron chi connectivity index (χ0n) is 13.4. The lowest BCUT2D eigenvalue weighted by Crippen LogP contribution is -2.25. The van der Waals surface area contributed by atoms with Gasteiger partial charge in [-0.15, -0.1) is 0 Å². The number of esters is 1. The van der Waals surface area contributed by atoms with Crippen molar-refractivity contribution in [1.82, 2.24) is 0 Å². The van der Waals surface area contributed by atoms with E-state index in [9.17, 15) is 9.18 Å². The molecule has 24 heavy (non-hydrogen) atoms. The summed E-state index contributed by atoms with van der Waals surface area (Å²) in [5.74, 6) is -1.10. The highest BCUT2D eigenvalue weighted by Crippen LogP contribution is 2.22. The van der Waals surface area contributed by atoms with Crippen molar-refractivity contribution < 1.29 is 18.7 Å². The van der Waals surface area contributed by atoms with Crippen LogP contribution in [0.1, 0.15) is 25.3 Å². The molecule has 0 bridgehead atoms. The van der Waals surface area contributed by atoms with Crippen molar-refractivity contribution in [3.63, 3.8) is 0 Å². The molecule has 2 N–H and O–H groups in total. The summed E-state index contributed by atoms with van der Waals surface area (Å²) in [5, 5.41) is 0. The molecule has 130 valence electrons. The van der Waals surface area contributed by atoms with Gasteiger partial charge >= 0.3 is 5.97 Å². The Balaban J connectivity index is 2.47. The van der Waals surface area contributed by atoms with Gasteiger partial charge in [0.15, 0.2) is 0 Å². The third kappa shape index (κ3) is 4.64. The maximum Gasteiger partial charge on any atom is 0.341 e. The van der Waals surface area contributed by atoms with Gasteiger partial charge in [0.2, 0.25) is 0 Å². The Kier molecular flexibility index (Phi) is 6.93. The molecule has 0 unspecified atom stereocenters. The van der Waals surface area contributed by atoms with Gasteiger partial charge in [-0.05, 0) is 38.0 Å². The molecule has 1 saturated heterocycles. The van der Waals surface area contributed by atoms with Crippen LogP contribution in [0.15, 0.2) is 39.4 Å². The second-order valence-corrected chi connectivity index (χ2v) is 6.16. The van der Waals surface area contributed by atoms with Gasteiger partial charge in [0.1, 0.15) is 11.4 Å². The zero-order valence-corrected chi connectivity index (χ0v) is 15.0. The Bertz CT molecular complexity index is 655. The molecule has 1 aromatic carbocycles. The molecule has 0 aromatic heterocycles. The van der Waals surface area contributed by atoms with Crippen molar-refractivity contribution >= 4 is 27.6 Å². The third-order valence-electron chi connectivity index (χ3n) is 3.61. The van der Waals surface area contributed by atoms with E-state index in [0.29, 0.717) is 30.5 Å². The summed E-state index contributed by atoms with van der Waals surface area (Å²) in [7, 11) is 0. The number of rotatable bonds is 5. The zero-order chi connectivity index (χ0) is 17.5. The van der Waals surface area contributed by atoms with Crippen LogP contribution in [-0.2, 0) is 14.3 Å². The average Bonchev–Trinajstić information content (AvgIpc) is 2.56. The number of nitrogens with two attached hydrogens (primary N) is 1. The Morgan fingerprint density at radius 1 is 1.50 bits per heavy atom. The molecule has 1 fully saturated rings. The van der Waals surface area contributed by atoms with Gasteiger partial charge < -0.3 is 15.2 Å². The van der Waals surface area contributed by atoms with Crippen LogP contribution in [-0.4, -0.2) is 37.5 Å². The van der Waals surface area contributed by atoms with E-state index in [4.69, 9.17) is 15.2 Å². The van der Waals surface area contributed by atoms with Gasteiger partial charge in [-0.3, -0.25) is 4.99 Å². The number of halogens is 2. The van der Waals surface area contributed by atoms with Crippen molar-refractivity contribution in [1.29, 1.82) is 0 Å². The lowest BCUT2D eigenvalue weighted by molar-refractivity contribution is -0.137. The molecule has 1 aromatic rings. The number of benzene rings is 1. The Morgan fingerprint density at radius 3 is 2.79 bits per heavy atom. The molecule has 1 aliphatic rings. The Morgan fingerprint density at radius 2 is 2.21 bits per heavy atom. The number of carbonyl (C=O) groups excluding carboxylic acids is 1. The molecule has 7 heteroatoms. The highest BCUT2D eigenvalue weighted by atomic mass is 79.9. The summed E-state index contributed by atoms with van der Waals surface area (Å²) in [6.45, 7) is 3.07. The minimum atomic E-state index is -0.617. The van der Waals surface area contributed by atoms with Crippen LogP contribution in [0.5, 0.6) is 0 Å². The van der Waals surface area contributed by atoms with E-state index in [1.54, 1.807) is 19.1 Å². The molecule has 0 saturated carbocycles. The molecule has 2 rings (SSSR count). The second kappa shape index (κ2) is 8.94. The lowest BCUT2D eigenvalue weighted by Gasteiger charge is -2.21. The van der Waals surface area contributed by atoms with Crippen molar-refractivity contribution in [3.8, 4) is 0 Å². The summed E-state index contributed by atoms with van der Waals surface area (Å²) < 4.78 is 25.4. The van der Waals surface area contributed by atoms with Gasteiger partial charge in [0.25, 0.3) is 0 Å². The van der Waals surface area contributed by atoms with E-state index in [-0.39, 0.29) is 29.5 Å². The Labute approximate surface area is 148 Å². The first kappa shape index (κ1) is 18.6. The highest BCUT2D eigenvalue weighted by molar-refractivity contribution is 9.10. The van der Waals surface area contributed by atoms with Crippen LogP contribution in [0.3, 0.4) is 0 Å². The van der Waals surface area contributed by atoms with E-state index < -0.39 is 11.8 Å². The van der Waals surface area contributed by atoms with E-state index in [1.807, 2.05) is 0 Å². The number of hydrogen-bond acceptors (Lipinski definition) is 5. The van der Waals surface area contributed by atoms with Crippen LogP contribution in [0, 0.1) is 5.82 Å². The molecule has 1 aliphatic heterocycles. The van der Waals surface area contributed by atoms with Crippen LogP contribution in [0.2, 0.25) is 0 Å². The SMILES string of the molecule is CCOC(=O)C(=CN)C(=NC1CCOCC1)c1ccc(Br)cc1F. The normalized spacial score (nSPS) is 17.0. The van der Waals surface area contributed by atoms with E-state index in [0.717, 1.165) is 6.20 Å². The van der Waals surface area contributed by atoms with E-state index in [2.05, 4.69) is 20.9 Å². The van der Waals surface area contributed by atoms with E-state index >= 15 is 0 Å². The van der Waals surface area contributed by atoms with Gasteiger partial charge in [-0.2, -0.15) is 0 Å². The van der Waals surface area contributed by atoms with Crippen LogP contribution in [0.25, 0.3) is 0 Å². The molecule has 1 heterocycles. The quantitative estimate of drug-likeness (QED) is 0.470. The predicted molar refractivity (Wildman–Crippen MR) is 93.4 cm³/mol. The summed E-state index contributed by atoms with van der Waals surface area (Å²) >= 11 is 3.22. The fourth-order valence-corrected chi connectivity index (χ4v) is 2.75. The van der Waals surface area contributed by atoms with Crippen LogP contribution >= 0.6 is 15.9 Å². The molecule has 5 nitrogen and oxygen atoms in total. The maximum atomic E-state index is 14.4. The van der Waals surface area contributed by atoms with Gasteiger partial charge in [0.05, 0.1) is 18.4 Å². The second-order valence-electron chi connectivity index (χ2n) is 5.25. The molecular formula is C17H20BrFN2O3. The third-order valence-corrected chi connectivity index (χ3v) is 4.10. The molecule has 0 amide bonds. The summed E-state index contributed by atoms with van der Waals surface area (Å²) in [5.41, 5.74) is 6.12. The highest BCUT2D eigenvalue weighted by Gasteiger charge is 2.24. The molecular weight excluding hydrogens is 379 g/mol. The first-order valence-corrected chi connectivity index (χ1v) is 8.56. The largest absolute Gasteiger partial charge is 0.462 e. The van der Waals surface area contributed by atoms with E-state index in [1.165, 1.54) is 6.07 Å². The van der Waals surface area contributed by atoms with Gasteiger partial charge in [0, 0.05) is 29.4 Å².